The summed E-state index contributed by atoms with van der Waals surface area (Å²) < 4.78 is 0. The second-order valence-corrected chi connectivity index (χ2v) is 4.51. The van der Waals surface area contributed by atoms with Gasteiger partial charge in [-0.1, -0.05) is 19.1 Å². The van der Waals surface area contributed by atoms with E-state index < -0.39 is 5.60 Å². The van der Waals surface area contributed by atoms with Crippen LogP contribution >= 0.6 is 0 Å². The minimum atomic E-state index is -0.645. The van der Waals surface area contributed by atoms with Crippen molar-refractivity contribution >= 4 is 0 Å². The standard InChI is InChI=1S/C13H17NO/c1-11-2-6-13(15,7-3-11)10-12-4-8-14-9-5-12/h2,4-6,8-9,11,15H,3,7,10H2,1H3. The molecule has 1 aromatic heterocycles. The molecule has 0 fully saturated rings. The molecule has 1 aliphatic carbocycles. The van der Waals surface area contributed by atoms with Gasteiger partial charge in [-0.15, -0.1) is 0 Å². The molecule has 2 atom stereocenters. The predicted molar refractivity (Wildman–Crippen MR) is 60.4 cm³/mol. The Morgan fingerprint density at radius 2 is 2.20 bits per heavy atom. The first-order valence-corrected chi connectivity index (χ1v) is 5.49. The molecule has 1 N–H and O–H groups in total. The van der Waals surface area contributed by atoms with Gasteiger partial charge >= 0.3 is 0 Å². The van der Waals surface area contributed by atoms with Gasteiger partial charge in [-0.05, 0) is 36.5 Å². The Balaban J connectivity index is 2.09. The van der Waals surface area contributed by atoms with Crippen molar-refractivity contribution in [3.05, 3.63) is 42.2 Å². The van der Waals surface area contributed by atoms with Crippen LogP contribution in [0.15, 0.2) is 36.7 Å². The van der Waals surface area contributed by atoms with Crippen molar-refractivity contribution in [1.82, 2.24) is 4.98 Å². The highest BCUT2D eigenvalue weighted by atomic mass is 16.3. The zero-order valence-electron chi connectivity index (χ0n) is 9.06. The lowest BCUT2D eigenvalue weighted by Gasteiger charge is -2.29. The SMILES string of the molecule is CC1C=CC(O)(Cc2ccncc2)CC1. The van der Waals surface area contributed by atoms with Gasteiger partial charge in [0.15, 0.2) is 0 Å². The van der Waals surface area contributed by atoms with Gasteiger partial charge in [-0.25, -0.2) is 0 Å². The average molecular weight is 203 g/mol. The van der Waals surface area contributed by atoms with Gasteiger partial charge in [0.2, 0.25) is 0 Å². The van der Waals surface area contributed by atoms with Crippen molar-refractivity contribution in [2.75, 3.05) is 0 Å². The Kier molecular flexibility index (Phi) is 2.87. The Bertz CT molecular complexity index is 347. The van der Waals surface area contributed by atoms with Gasteiger partial charge in [0.25, 0.3) is 0 Å². The summed E-state index contributed by atoms with van der Waals surface area (Å²) in [5.74, 6) is 0.600. The third-order valence-electron chi connectivity index (χ3n) is 3.03. The highest BCUT2D eigenvalue weighted by molar-refractivity contribution is 5.18. The predicted octanol–water partition coefficient (Wildman–Crippen LogP) is 2.34. The molecule has 2 heteroatoms. The quantitative estimate of drug-likeness (QED) is 0.748. The van der Waals surface area contributed by atoms with E-state index in [9.17, 15) is 5.11 Å². The first kappa shape index (κ1) is 10.4. The third kappa shape index (κ3) is 2.66. The minimum Gasteiger partial charge on any atom is -0.385 e. The van der Waals surface area contributed by atoms with E-state index in [-0.39, 0.29) is 0 Å². The van der Waals surface area contributed by atoms with E-state index in [1.807, 2.05) is 18.2 Å². The third-order valence-corrected chi connectivity index (χ3v) is 3.03. The molecule has 0 saturated carbocycles. The van der Waals surface area contributed by atoms with Crippen molar-refractivity contribution in [3.63, 3.8) is 0 Å². The summed E-state index contributed by atoms with van der Waals surface area (Å²) in [6.07, 6.45) is 10.2. The molecule has 0 spiro atoms. The lowest BCUT2D eigenvalue weighted by molar-refractivity contribution is 0.0700. The Morgan fingerprint density at radius 3 is 2.80 bits per heavy atom. The average Bonchev–Trinajstić information content (AvgIpc) is 2.24. The molecule has 80 valence electrons. The van der Waals surface area contributed by atoms with Gasteiger partial charge in [0, 0.05) is 18.8 Å². The summed E-state index contributed by atoms with van der Waals surface area (Å²) in [5.41, 5.74) is 0.500. The fourth-order valence-electron chi connectivity index (χ4n) is 2.00. The van der Waals surface area contributed by atoms with Crippen molar-refractivity contribution in [1.29, 1.82) is 0 Å². The fourth-order valence-corrected chi connectivity index (χ4v) is 2.00. The van der Waals surface area contributed by atoms with E-state index in [2.05, 4.69) is 18.0 Å². The number of aromatic nitrogens is 1. The van der Waals surface area contributed by atoms with Crippen LogP contribution in [0.2, 0.25) is 0 Å². The van der Waals surface area contributed by atoms with E-state index in [0.717, 1.165) is 18.4 Å². The van der Waals surface area contributed by atoms with E-state index in [1.54, 1.807) is 12.4 Å². The van der Waals surface area contributed by atoms with Gasteiger partial charge in [0.05, 0.1) is 5.60 Å². The van der Waals surface area contributed by atoms with Crippen LogP contribution in [0.25, 0.3) is 0 Å². The smallest absolute Gasteiger partial charge is 0.0868 e. The second kappa shape index (κ2) is 4.15. The summed E-state index contributed by atoms with van der Waals surface area (Å²) in [6, 6.07) is 3.92. The molecule has 1 aliphatic rings. The van der Waals surface area contributed by atoms with Crippen LogP contribution in [0.4, 0.5) is 0 Å². The Hall–Kier alpha value is -1.15. The summed E-state index contributed by atoms with van der Waals surface area (Å²) in [4.78, 5) is 3.97. The number of rotatable bonds is 2. The van der Waals surface area contributed by atoms with Crippen molar-refractivity contribution < 1.29 is 5.11 Å². The van der Waals surface area contributed by atoms with Crippen LogP contribution in [-0.4, -0.2) is 15.7 Å². The minimum absolute atomic E-state index is 0.600. The molecule has 1 heterocycles. The summed E-state index contributed by atoms with van der Waals surface area (Å²) in [7, 11) is 0. The lowest BCUT2D eigenvalue weighted by Crippen LogP contribution is -2.31. The monoisotopic (exact) mass is 203 g/mol. The summed E-state index contributed by atoms with van der Waals surface area (Å²) in [5, 5.41) is 10.3. The Morgan fingerprint density at radius 1 is 1.47 bits per heavy atom. The molecule has 0 amide bonds. The fraction of sp³-hybridized carbons (Fsp3) is 0.462. The first-order chi connectivity index (χ1) is 7.18. The van der Waals surface area contributed by atoms with Gasteiger partial charge in [-0.2, -0.15) is 0 Å². The van der Waals surface area contributed by atoms with E-state index in [4.69, 9.17) is 0 Å². The zero-order valence-corrected chi connectivity index (χ0v) is 9.06. The molecular formula is C13H17NO. The van der Waals surface area contributed by atoms with E-state index in [0.29, 0.717) is 12.3 Å². The molecule has 1 aromatic rings. The van der Waals surface area contributed by atoms with Crippen LogP contribution in [0, 0.1) is 5.92 Å². The largest absolute Gasteiger partial charge is 0.385 e. The maximum atomic E-state index is 10.3. The number of pyridine rings is 1. The summed E-state index contributed by atoms with van der Waals surface area (Å²) in [6.45, 7) is 2.18. The lowest BCUT2D eigenvalue weighted by atomic mass is 9.82. The van der Waals surface area contributed by atoms with Gasteiger partial charge in [0.1, 0.15) is 0 Å². The highest BCUT2D eigenvalue weighted by Crippen LogP contribution is 2.28. The van der Waals surface area contributed by atoms with Crippen molar-refractivity contribution in [2.24, 2.45) is 5.92 Å². The Labute approximate surface area is 90.7 Å². The number of nitrogens with zero attached hydrogens (tertiary/aromatic N) is 1. The van der Waals surface area contributed by atoms with Crippen LogP contribution in [0.3, 0.4) is 0 Å². The molecule has 0 bridgehead atoms. The number of allylic oxidation sites excluding steroid dienone is 1. The van der Waals surface area contributed by atoms with Crippen LogP contribution in [0.1, 0.15) is 25.3 Å². The molecule has 0 radical (unpaired) electrons. The topological polar surface area (TPSA) is 33.1 Å². The highest BCUT2D eigenvalue weighted by Gasteiger charge is 2.27. The summed E-state index contributed by atoms with van der Waals surface area (Å²) >= 11 is 0. The number of hydrogen-bond donors (Lipinski definition) is 1. The van der Waals surface area contributed by atoms with Crippen LogP contribution in [0.5, 0.6) is 0 Å². The van der Waals surface area contributed by atoms with Crippen molar-refractivity contribution in [2.45, 2.75) is 31.8 Å². The van der Waals surface area contributed by atoms with Gasteiger partial charge in [-0.3, -0.25) is 4.98 Å². The molecule has 0 aliphatic heterocycles. The maximum Gasteiger partial charge on any atom is 0.0868 e. The van der Waals surface area contributed by atoms with Crippen LogP contribution in [-0.2, 0) is 6.42 Å². The second-order valence-electron chi connectivity index (χ2n) is 4.51. The zero-order chi connectivity index (χ0) is 10.7. The normalized spacial score (nSPS) is 30.4. The number of hydrogen-bond acceptors (Lipinski definition) is 2. The molecule has 2 unspecified atom stereocenters. The van der Waals surface area contributed by atoms with E-state index in [1.165, 1.54) is 0 Å². The number of aliphatic hydroxyl groups is 1. The first-order valence-electron chi connectivity index (χ1n) is 5.49. The molecule has 0 aromatic carbocycles. The molecule has 2 rings (SSSR count). The molecule has 2 nitrogen and oxygen atoms in total. The van der Waals surface area contributed by atoms with E-state index >= 15 is 0 Å². The molecular weight excluding hydrogens is 186 g/mol. The van der Waals surface area contributed by atoms with Crippen molar-refractivity contribution in [3.8, 4) is 0 Å². The maximum absolute atomic E-state index is 10.3. The molecule has 15 heavy (non-hydrogen) atoms. The van der Waals surface area contributed by atoms with Crippen LogP contribution < -0.4 is 0 Å². The van der Waals surface area contributed by atoms with Gasteiger partial charge < -0.3 is 5.11 Å². The molecule has 0 saturated heterocycles.